The first-order valence-electron chi connectivity index (χ1n) is 22.7. The Morgan fingerprint density at radius 1 is 0.853 bits per heavy atom. The zero-order valence-electron chi connectivity index (χ0n) is 39.1. The number of hydrogen-bond acceptors (Lipinski definition) is 11. The molecule has 2 aromatic heterocycles. The Hall–Kier alpha value is -6.17. The lowest BCUT2D eigenvalue weighted by Crippen LogP contribution is -2.58. The second-order valence-corrected chi connectivity index (χ2v) is 18.8. The minimum absolute atomic E-state index is 0.0215. The van der Waals surface area contributed by atoms with Gasteiger partial charge in [-0.3, -0.25) is 14.4 Å². The number of fused-ring (bicyclic) bond motifs is 1. The highest BCUT2D eigenvalue weighted by Gasteiger charge is 2.44. The molecule has 3 amide bonds. The van der Waals surface area contributed by atoms with Crippen LogP contribution in [0.15, 0.2) is 96.5 Å². The maximum Gasteiger partial charge on any atom is 0.246 e. The van der Waals surface area contributed by atoms with Crippen LogP contribution in [0, 0.1) is 25.1 Å². The second-order valence-electron chi connectivity index (χ2n) is 18.0. The smallest absolute Gasteiger partial charge is 0.246 e. The molecule has 0 spiro atoms. The standard InChI is InChI=1S/C52H60FN5O9S/c1-33-43-26-40(59)16-19-44(43)57(47(33)37-12-14-39(53)15-13-37)29-36-8-17-42(18-9-36)67-25-24-65-21-20-64-22-23-66-31-46(61)56-49(52(3,4)5)51(63)58-30-41(60)27-45(58)50(62)54-28-35-6-10-38(11-7-35)48-34(2)55-32-68-48/h6-19,26,32,41,45,49,59-60H,20-25,27-31H2,1-5H3,(H,54,62)(H,56,61)/t41-,45+,49-/m1/s1. The molecule has 3 heterocycles. The molecule has 1 aliphatic rings. The van der Waals surface area contributed by atoms with Gasteiger partial charge in [-0.2, -0.15) is 0 Å². The van der Waals surface area contributed by atoms with Crippen LogP contribution in [0.2, 0.25) is 0 Å². The van der Waals surface area contributed by atoms with Gasteiger partial charge in [-0.25, -0.2) is 9.37 Å². The number of halogens is 1. The Morgan fingerprint density at radius 2 is 1.50 bits per heavy atom. The molecule has 3 atom stereocenters. The first kappa shape index (κ1) is 49.7. The predicted molar refractivity (Wildman–Crippen MR) is 259 cm³/mol. The summed E-state index contributed by atoms with van der Waals surface area (Å²) >= 11 is 1.57. The lowest BCUT2D eigenvalue weighted by molar-refractivity contribution is -0.144. The number of hydrogen-bond donors (Lipinski definition) is 4. The molecule has 1 fully saturated rings. The zero-order chi connectivity index (χ0) is 48.4. The second kappa shape index (κ2) is 22.8. The van der Waals surface area contributed by atoms with Gasteiger partial charge in [0, 0.05) is 37.0 Å². The van der Waals surface area contributed by atoms with Crippen molar-refractivity contribution in [3.63, 3.8) is 0 Å². The van der Waals surface area contributed by atoms with Crippen molar-refractivity contribution in [2.45, 2.75) is 72.3 Å². The topological polar surface area (TPSA) is 174 Å². The number of thiazole rings is 1. The third kappa shape index (κ3) is 12.7. The fourth-order valence-electron chi connectivity index (χ4n) is 8.33. The minimum atomic E-state index is -0.972. The van der Waals surface area contributed by atoms with Crippen molar-refractivity contribution < 1.29 is 47.9 Å². The predicted octanol–water partition coefficient (Wildman–Crippen LogP) is 7.18. The number of likely N-dealkylation sites (tertiary alicyclic amines) is 1. The molecule has 7 rings (SSSR count). The Kier molecular flexibility index (Phi) is 16.6. The molecule has 0 bridgehead atoms. The summed E-state index contributed by atoms with van der Waals surface area (Å²) in [5.41, 5.74) is 8.85. The number of ether oxygens (including phenoxy) is 4. The number of aryl methyl sites for hydroxylation is 2. The summed E-state index contributed by atoms with van der Waals surface area (Å²) in [5, 5.41) is 27.4. The van der Waals surface area contributed by atoms with E-state index in [1.807, 2.05) is 94.7 Å². The number of carbonyl (C=O) groups is 3. The van der Waals surface area contributed by atoms with Crippen LogP contribution in [-0.4, -0.2) is 113 Å². The van der Waals surface area contributed by atoms with Crippen LogP contribution in [0.3, 0.4) is 0 Å². The summed E-state index contributed by atoms with van der Waals surface area (Å²) in [4.78, 5) is 47.1. The van der Waals surface area contributed by atoms with E-state index in [1.54, 1.807) is 35.6 Å². The highest BCUT2D eigenvalue weighted by atomic mass is 32.1. The fraction of sp³-hybridized carbons (Fsp3) is 0.385. The summed E-state index contributed by atoms with van der Waals surface area (Å²) in [6, 6.07) is 25.6. The first-order chi connectivity index (χ1) is 32.7. The van der Waals surface area contributed by atoms with Crippen LogP contribution < -0.4 is 15.4 Å². The number of rotatable bonds is 21. The molecule has 0 radical (unpaired) electrons. The van der Waals surface area contributed by atoms with E-state index in [0.29, 0.717) is 38.7 Å². The summed E-state index contributed by atoms with van der Waals surface area (Å²) in [6.07, 6.45) is -0.784. The van der Waals surface area contributed by atoms with Gasteiger partial charge in [0.2, 0.25) is 17.7 Å². The summed E-state index contributed by atoms with van der Waals surface area (Å²) < 4.78 is 38.6. The molecule has 1 aliphatic heterocycles. The number of nitrogens with zero attached hydrogens (tertiary/aromatic N) is 3. The molecule has 0 unspecified atom stereocenters. The van der Waals surface area contributed by atoms with Gasteiger partial charge in [0.25, 0.3) is 0 Å². The number of β-amino-alcohol motifs (C(OH)–C–C–N with tert-alkyl or cyclic N) is 1. The average Bonchev–Trinajstić information content (AvgIpc) is 4.01. The number of nitrogens with one attached hydrogen (secondary N) is 2. The average molecular weight is 950 g/mol. The van der Waals surface area contributed by atoms with Crippen LogP contribution in [0.25, 0.3) is 32.6 Å². The molecule has 14 nitrogen and oxygen atoms in total. The number of aliphatic hydroxyl groups excluding tert-OH is 1. The van der Waals surface area contributed by atoms with E-state index in [9.17, 15) is 29.0 Å². The van der Waals surface area contributed by atoms with Crippen molar-refractivity contribution in [2.24, 2.45) is 5.41 Å². The number of amides is 3. The van der Waals surface area contributed by atoms with Crippen molar-refractivity contribution >= 4 is 40.0 Å². The van der Waals surface area contributed by atoms with Gasteiger partial charge >= 0.3 is 0 Å². The molecule has 1 saturated heterocycles. The molecule has 16 heteroatoms. The van der Waals surface area contributed by atoms with E-state index in [2.05, 4.69) is 20.2 Å². The summed E-state index contributed by atoms with van der Waals surface area (Å²) in [7, 11) is 0. The van der Waals surface area contributed by atoms with Crippen LogP contribution in [-0.2, 0) is 41.7 Å². The molecule has 0 saturated carbocycles. The van der Waals surface area contributed by atoms with Crippen molar-refractivity contribution in [2.75, 3.05) is 52.8 Å². The van der Waals surface area contributed by atoms with E-state index in [1.165, 1.54) is 17.0 Å². The number of aromatic hydroxyl groups is 1. The lowest BCUT2D eigenvalue weighted by Gasteiger charge is -2.35. The van der Waals surface area contributed by atoms with E-state index in [4.69, 9.17) is 18.9 Å². The van der Waals surface area contributed by atoms with E-state index < -0.39 is 35.4 Å². The number of aromatic nitrogens is 2. The van der Waals surface area contributed by atoms with E-state index in [0.717, 1.165) is 55.0 Å². The maximum atomic E-state index is 13.9. The molecule has 360 valence electrons. The van der Waals surface area contributed by atoms with Gasteiger partial charge in [0.1, 0.15) is 42.6 Å². The molecule has 0 aliphatic carbocycles. The number of carbonyl (C=O) groups excluding carboxylic acids is 3. The van der Waals surface area contributed by atoms with Gasteiger partial charge in [0.15, 0.2) is 0 Å². The molecular weight excluding hydrogens is 890 g/mol. The molecule has 4 aromatic carbocycles. The third-order valence-electron chi connectivity index (χ3n) is 11.9. The Morgan fingerprint density at radius 3 is 2.16 bits per heavy atom. The Bertz CT molecular complexity index is 2650. The van der Waals surface area contributed by atoms with Gasteiger partial charge in [-0.15, -0.1) is 11.3 Å². The van der Waals surface area contributed by atoms with Crippen molar-refractivity contribution in [1.29, 1.82) is 0 Å². The van der Waals surface area contributed by atoms with Gasteiger partial charge in [-0.1, -0.05) is 57.2 Å². The monoisotopic (exact) mass is 949 g/mol. The van der Waals surface area contributed by atoms with Crippen molar-refractivity contribution in [1.82, 2.24) is 25.1 Å². The lowest BCUT2D eigenvalue weighted by atomic mass is 9.85. The molecule has 68 heavy (non-hydrogen) atoms. The first-order valence-corrected chi connectivity index (χ1v) is 23.6. The van der Waals surface area contributed by atoms with Gasteiger partial charge in [-0.05, 0) is 102 Å². The van der Waals surface area contributed by atoms with E-state index >= 15 is 0 Å². The summed E-state index contributed by atoms with van der Waals surface area (Å²) in [6.45, 7) is 11.7. The zero-order valence-corrected chi connectivity index (χ0v) is 39.9. The largest absolute Gasteiger partial charge is 0.508 e. The van der Waals surface area contributed by atoms with Crippen molar-refractivity contribution in [3.05, 3.63) is 125 Å². The SMILES string of the molecule is Cc1ncsc1-c1ccc(CNC(=O)[C@@H]2C[C@@H](O)CN2C(=O)[C@@H](NC(=O)COCCOCCOCCOc2ccc(Cn3c(-c4ccc(F)cc4)c(C)c4cc(O)ccc43)cc2)C(C)(C)C)cc1. The van der Waals surface area contributed by atoms with Crippen LogP contribution >= 0.6 is 11.3 Å². The molecule has 4 N–H and O–H groups in total. The number of benzene rings is 4. The quantitative estimate of drug-likeness (QED) is 0.0542. The van der Waals surface area contributed by atoms with Gasteiger partial charge < -0.3 is 49.3 Å². The van der Waals surface area contributed by atoms with Crippen LogP contribution in [0.4, 0.5) is 4.39 Å². The maximum absolute atomic E-state index is 13.9. The van der Waals surface area contributed by atoms with Crippen molar-refractivity contribution in [3.8, 4) is 33.2 Å². The minimum Gasteiger partial charge on any atom is -0.508 e. The van der Waals surface area contributed by atoms with Gasteiger partial charge in [0.05, 0.1) is 60.9 Å². The number of phenols is 1. The molecule has 6 aromatic rings. The Labute approximate surface area is 400 Å². The molecular formula is C52H60FN5O9S. The van der Waals surface area contributed by atoms with E-state index in [-0.39, 0.29) is 56.8 Å². The number of phenolic OH excluding ortho intramolecular Hbond substituents is 1. The highest BCUT2D eigenvalue weighted by molar-refractivity contribution is 7.13. The Balaban J connectivity index is 0.778. The van der Waals surface area contributed by atoms with Crippen LogP contribution in [0.5, 0.6) is 11.5 Å². The third-order valence-corrected chi connectivity index (χ3v) is 12.8. The number of aliphatic hydroxyl groups is 1. The highest BCUT2D eigenvalue weighted by Crippen LogP contribution is 2.36. The van der Waals surface area contributed by atoms with Crippen LogP contribution in [0.1, 0.15) is 49.6 Å². The summed E-state index contributed by atoms with van der Waals surface area (Å²) in [5.74, 6) is -0.732. The fourth-order valence-corrected chi connectivity index (χ4v) is 9.15. The normalized spacial score (nSPS) is 15.4.